The van der Waals surface area contributed by atoms with Crippen LogP contribution in [0, 0.1) is 6.92 Å². The van der Waals surface area contributed by atoms with E-state index < -0.39 is 27.1 Å². The molecular weight excluding hydrogens is 556 g/mol. The Kier molecular flexibility index (Phi) is 8.42. The fraction of sp³-hybridized carbons (Fsp3) is 0.581. The number of nitrogens with zero attached hydrogens (tertiary/aromatic N) is 3. The molecule has 0 radical (unpaired) electrons. The van der Waals surface area contributed by atoms with Crippen LogP contribution in [-0.4, -0.2) is 67.7 Å². The van der Waals surface area contributed by atoms with Crippen molar-refractivity contribution in [3.05, 3.63) is 47.5 Å². The average Bonchev–Trinajstić information content (AvgIpc) is 3.73. The molecule has 42 heavy (non-hydrogen) atoms. The number of carbonyl (C=O) groups is 2. The van der Waals surface area contributed by atoms with Gasteiger partial charge in [-0.1, -0.05) is 37.5 Å². The third-order valence-corrected chi connectivity index (χ3v) is 9.34. The Labute approximate surface area is 248 Å². The Hall–Kier alpha value is -3.34. The van der Waals surface area contributed by atoms with Crippen LogP contribution in [0.15, 0.2) is 41.4 Å². The number of piperazine rings is 1. The molecule has 1 aromatic carbocycles. The van der Waals surface area contributed by atoms with Crippen molar-refractivity contribution in [3.8, 4) is 5.75 Å². The second-order valence-electron chi connectivity index (χ2n) is 12.7. The zero-order valence-corrected chi connectivity index (χ0v) is 25.8. The summed E-state index contributed by atoms with van der Waals surface area (Å²) in [5.74, 6) is 0.854. The summed E-state index contributed by atoms with van der Waals surface area (Å²) < 4.78 is 40.7. The molecule has 228 valence electrons. The minimum Gasteiger partial charge on any atom is -0.477 e. The third-order valence-electron chi connectivity index (χ3n) is 8.10. The number of benzene rings is 1. The first-order chi connectivity index (χ1) is 19.9. The molecule has 0 bridgehead atoms. The van der Waals surface area contributed by atoms with Crippen LogP contribution >= 0.6 is 0 Å². The van der Waals surface area contributed by atoms with Crippen molar-refractivity contribution in [2.75, 3.05) is 31.1 Å². The van der Waals surface area contributed by atoms with E-state index in [2.05, 4.69) is 21.8 Å². The number of amides is 2. The molecule has 2 aromatic rings. The average molecular weight is 599 g/mol. The third kappa shape index (κ3) is 6.99. The van der Waals surface area contributed by atoms with E-state index in [1.807, 2.05) is 38.7 Å². The number of hydrogen-bond donors (Lipinski definition) is 1. The molecular formula is C31H42N4O6S. The molecule has 2 aliphatic carbocycles. The fourth-order valence-electron chi connectivity index (χ4n) is 5.62. The number of ether oxygens (including phenoxy) is 2. The van der Waals surface area contributed by atoms with E-state index in [0.717, 1.165) is 24.0 Å². The van der Waals surface area contributed by atoms with Crippen LogP contribution in [0.5, 0.6) is 5.75 Å². The summed E-state index contributed by atoms with van der Waals surface area (Å²) in [6.07, 6.45) is 6.28. The van der Waals surface area contributed by atoms with Crippen molar-refractivity contribution in [1.29, 1.82) is 0 Å². The van der Waals surface area contributed by atoms with Gasteiger partial charge in [0.05, 0.1) is 0 Å². The van der Waals surface area contributed by atoms with E-state index in [0.29, 0.717) is 56.5 Å². The Morgan fingerprint density at radius 3 is 2.33 bits per heavy atom. The van der Waals surface area contributed by atoms with Gasteiger partial charge in [-0.05, 0) is 75.8 Å². The largest absolute Gasteiger partial charge is 0.477 e. The van der Waals surface area contributed by atoms with E-state index >= 15 is 0 Å². The molecule has 3 aliphatic rings. The first-order valence-corrected chi connectivity index (χ1v) is 16.4. The molecule has 2 heterocycles. The Morgan fingerprint density at radius 2 is 1.69 bits per heavy atom. The van der Waals surface area contributed by atoms with E-state index in [1.54, 1.807) is 17.0 Å². The number of anilines is 1. The topological polar surface area (TPSA) is 118 Å². The maximum absolute atomic E-state index is 13.4. The predicted octanol–water partition coefficient (Wildman–Crippen LogP) is 4.91. The molecule has 3 fully saturated rings. The van der Waals surface area contributed by atoms with Crippen LogP contribution in [0.1, 0.15) is 82.8 Å². The normalized spacial score (nSPS) is 19.2. The van der Waals surface area contributed by atoms with Crippen LogP contribution in [-0.2, 0) is 19.6 Å². The highest BCUT2D eigenvalue weighted by Crippen LogP contribution is 2.45. The lowest BCUT2D eigenvalue weighted by molar-refractivity contribution is -0.128. The standard InChI is InChI=1S/C31H42N4O6S/c1-22-13-14-24(23-9-6-5-7-10-23)25(21-22)40-31(15-16-31)28(36)33-42(38,39)27-12-8-11-26(32-27)34-17-19-35(20-18-34)29(37)41-30(2,3)4/h8,11-14,21,23H,5-7,9-10,15-20H2,1-4H3,(H,33,36). The molecule has 1 N–H and O–H groups in total. The van der Waals surface area contributed by atoms with E-state index in [9.17, 15) is 18.0 Å². The molecule has 2 amide bonds. The number of aryl methyl sites for hydroxylation is 1. The van der Waals surface area contributed by atoms with Crippen LogP contribution in [0.4, 0.5) is 10.6 Å². The Morgan fingerprint density at radius 1 is 1.00 bits per heavy atom. The second-order valence-corrected chi connectivity index (χ2v) is 14.3. The molecule has 2 saturated carbocycles. The van der Waals surface area contributed by atoms with Gasteiger partial charge in [-0.15, -0.1) is 0 Å². The first-order valence-electron chi connectivity index (χ1n) is 14.9. The molecule has 11 heteroatoms. The van der Waals surface area contributed by atoms with Gasteiger partial charge in [-0.25, -0.2) is 14.5 Å². The molecule has 0 spiro atoms. The highest BCUT2D eigenvalue weighted by atomic mass is 32.2. The number of carbonyl (C=O) groups excluding carboxylic acids is 2. The summed E-state index contributed by atoms with van der Waals surface area (Å²) in [5, 5.41) is -0.239. The van der Waals surface area contributed by atoms with E-state index in [-0.39, 0.29) is 11.1 Å². The van der Waals surface area contributed by atoms with Gasteiger partial charge in [0.25, 0.3) is 15.9 Å². The lowest BCUT2D eigenvalue weighted by Gasteiger charge is -2.36. The van der Waals surface area contributed by atoms with Crippen LogP contribution in [0.3, 0.4) is 0 Å². The minimum atomic E-state index is -4.24. The van der Waals surface area contributed by atoms with E-state index in [1.165, 1.54) is 25.3 Å². The SMILES string of the molecule is Cc1ccc(C2CCCCC2)c(OC2(C(=O)NS(=O)(=O)c3cccc(N4CCN(C(=O)OC(C)(C)C)CC4)n3)CC2)c1. The number of nitrogens with one attached hydrogen (secondary N) is 1. The summed E-state index contributed by atoms with van der Waals surface area (Å²) in [6.45, 7) is 9.24. The van der Waals surface area contributed by atoms with Gasteiger partial charge in [0.2, 0.25) is 0 Å². The molecule has 1 saturated heterocycles. The van der Waals surface area contributed by atoms with Crippen molar-refractivity contribution in [2.45, 2.75) is 94.8 Å². The van der Waals surface area contributed by atoms with Gasteiger partial charge in [0, 0.05) is 39.0 Å². The van der Waals surface area contributed by atoms with Crippen molar-refractivity contribution in [1.82, 2.24) is 14.6 Å². The van der Waals surface area contributed by atoms with Gasteiger partial charge < -0.3 is 19.3 Å². The monoisotopic (exact) mass is 598 g/mol. The van der Waals surface area contributed by atoms with Crippen LogP contribution < -0.4 is 14.4 Å². The highest BCUT2D eigenvalue weighted by molar-refractivity contribution is 7.90. The lowest BCUT2D eigenvalue weighted by Crippen LogP contribution is -2.50. The van der Waals surface area contributed by atoms with Crippen molar-refractivity contribution in [3.63, 3.8) is 0 Å². The van der Waals surface area contributed by atoms with Gasteiger partial charge in [0.1, 0.15) is 17.2 Å². The number of hydrogen-bond acceptors (Lipinski definition) is 8. The molecule has 0 atom stereocenters. The lowest BCUT2D eigenvalue weighted by atomic mass is 9.83. The predicted molar refractivity (Wildman–Crippen MR) is 159 cm³/mol. The van der Waals surface area contributed by atoms with Crippen molar-refractivity contribution < 1.29 is 27.5 Å². The maximum atomic E-state index is 13.4. The smallest absolute Gasteiger partial charge is 0.410 e. The van der Waals surface area contributed by atoms with Gasteiger partial charge in [0.15, 0.2) is 10.6 Å². The van der Waals surface area contributed by atoms with Crippen LogP contribution in [0.25, 0.3) is 0 Å². The molecule has 0 unspecified atom stereocenters. The summed E-state index contributed by atoms with van der Waals surface area (Å²) in [7, 11) is -4.24. The van der Waals surface area contributed by atoms with Crippen LogP contribution in [0.2, 0.25) is 0 Å². The summed E-state index contributed by atoms with van der Waals surface area (Å²) in [6, 6.07) is 10.8. The quantitative estimate of drug-likeness (QED) is 0.478. The maximum Gasteiger partial charge on any atom is 0.410 e. The highest BCUT2D eigenvalue weighted by Gasteiger charge is 2.54. The Bertz CT molecular complexity index is 1420. The number of sulfonamides is 1. The number of rotatable bonds is 7. The van der Waals surface area contributed by atoms with Crippen molar-refractivity contribution in [2.24, 2.45) is 0 Å². The Balaban J connectivity index is 1.25. The number of pyridine rings is 1. The van der Waals surface area contributed by atoms with Gasteiger partial charge in [-0.2, -0.15) is 8.42 Å². The molecule has 1 aliphatic heterocycles. The first kappa shape index (κ1) is 30.1. The zero-order valence-electron chi connectivity index (χ0n) is 25.0. The number of aromatic nitrogens is 1. The summed E-state index contributed by atoms with van der Waals surface area (Å²) in [4.78, 5) is 33.7. The van der Waals surface area contributed by atoms with E-state index in [4.69, 9.17) is 9.47 Å². The van der Waals surface area contributed by atoms with Crippen molar-refractivity contribution >= 4 is 27.8 Å². The van der Waals surface area contributed by atoms with Gasteiger partial charge >= 0.3 is 6.09 Å². The summed E-state index contributed by atoms with van der Waals surface area (Å²) in [5.41, 5.74) is 0.342. The van der Waals surface area contributed by atoms with Gasteiger partial charge in [-0.3, -0.25) is 4.79 Å². The summed E-state index contributed by atoms with van der Waals surface area (Å²) >= 11 is 0. The molecule has 1 aromatic heterocycles. The second kappa shape index (κ2) is 11.7. The minimum absolute atomic E-state index is 0.239. The molecule has 5 rings (SSSR count). The zero-order chi connectivity index (χ0) is 30.1. The fourth-order valence-corrected chi connectivity index (χ4v) is 6.63. The molecule has 10 nitrogen and oxygen atoms in total.